The first-order valence-corrected chi connectivity index (χ1v) is 7.67. The van der Waals surface area contributed by atoms with E-state index >= 15 is 0 Å². The van der Waals surface area contributed by atoms with Gasteiger partial charge in [-0.15, -0.1) is 5.10 Å². The van der Waals surface area contributed by atoms with Gasteiger partial charge in [0.2, 0.25) is 17.7 Å². The molecule has 9 heteroatoms. The second-order valence-corrected chi connectivity index (χ2v) is 5.84. The molecule has 130 valence electrons. The molecule has 26 heavy (non-hydrogen) atoms. The van der Waals surface area contributed by atoms with Crippen LogP contribution in [-0.4, -0.2) is 29.2 Å². The highest BCUT2D eigenvalue weighted by Crippen LogP contribution is 2.53. The van der Waals surface area contributed by atoms with Crippen molar-refractivity contribution >= 4 is 17.6 Å². The minimum Gasteiger partial charge on any atom is -0.469 e. The Morgan fingerprint density at radius 3 is 2.96 bits per heavy atom. The first-order valence-electron chi connectivity index (χ1n) is 7.67. The Kier molecular flexibility index (Phi) is 3.23. The van der Waals surface area contributed by atoms with Crippen LogP contribution in [0.15, 0.2) is 35.7 Å². The van der Waals surface area contributed by atoms with Gasteiger partial charge in [-0.3, -0.25) is 14.7 Å². The zero-order valence-electron chi connectivity index (χ0n) is 13.6. The number of nitrogens with zero attached hydrogens (tertiary/aromatic N) is 2. The van der Waals surface area contributed by atoms with E-state index in [0.29, 0.717) is 16.9 Å². The standard InChI is InChI=1S/C17H13N5O4/c1-25-12(23)6-11-13-15(22-21-11)26-14(19)9(7-18)17(13)8-4-2-3-5-10(8)20-16(17)24/h2-5H,6,19H2,1H3,(H,20,24)(H,21,22)/t17-/m0/s1. The number of rotatable bonds is 2. The van der Waals surface area contributed by atoms with E-state index in [1.165, 1.54) is 7.11 Å². The van der Waals surface area contributed by atoms with Gasteiger partial charge < -0.3 is 20.5 Å². The molecule has 1 spiro atoms. The number of aromatic nitrogens is 2. The monoisotopic (exact) mass is 351 g/mol. The number of hydrogen-bond acceptors (Lipinski definition) is 7. The number of anilines is 1. The number of nitriles is 1. The molecular weight excluding hydrogens is 338 g/mol. The first kappa shape index (κ1) is 15.7. The van der Waals surface area contributed by atoms with Crippen LogP contribution in [0.2, 0.25) is 0 Å². The molecule has 2 aliphatic heterocycles. The molecule has 0 fully saturated rings. The van der Waals surface area contributed by atoms with Gasteiger partial charge in [-0.25, -0.2) is 0 Å². The normalized spacial score (nSPS) is 20.1. The predicted octanol–water partition coefficient (Wildman–Crippen LogP) is 0.450. The summed E-state index contributed by atoms with van der Waals surface area (Å²) in [6.07, 6.45) is -0.169. The smallest absolute Gasteiger partial charge is 0.311 e. The van der Waals surface area contributed by atoms with Gasteiger partial charge in [0.25, 0.3) is 0 Å². The summed E-state index contributed by atoms with van der Waals surface area (Å²) in [5, 5.41) is 19.2. The average molecular weight is 351 g/mol. The number of carbonyl (C=O) groups excluding carboxylic acids is 2. The van der Waals surface area contributed by atoms with E-state index in [9.17, 15) is 14.9 Å². The average Bonchev–Trinajstić information content (AvgIpc) is 3.15. The molecule has 4 rings (SSSR count). The number of amides is 1. The van der Waals surface area contributed by atoms with Crippen molar-refractivity contribution in [1.29, 1.82) is 5.26 Å². The van der Waals surface area contributed by atoms with Crippen LogP contribution in [0.4, 0.5) is 5.69 Å². The molecule has 2 aromatic rings. The van der Waals surface area contributed by atoms with Crippen molar-refractivity contribution in [3.05, 3.63) is 52.5 Å². The Morgan fingerprint density at radius 1 is 1.46 bits per heavy atom. The molecular formula is C17H13N5O4. The van der Waals surface area contributed by atoms with Crippen LogP contribution in [0.1, 0.15) is 16.8 Å². The fraction of sp³-hybridized carbons (Fsp3) is 0.176. The number of nitrogens with two attached hydrogens (primary N) is 1. The van der Waals surface area contributed by atoms with E-state index in [0.717, 1.165) is 0 Å². The van der Waals surface area contributed by atoms with Gasteiger partial charge in [0.15, 0.2) is 0 Å². The molecule has 0 unspecified atom stereocenters. The molecule has 0 saturated heterocycles. The van der Waals surface area contributed by atoms with Gasteiger partial charge >= 0.3 is 5.97 Å². The van der Waals surface area contributed by atoms with Crippen molar-refractivity contribution in [3.63, 3.8) is 0 Å². The first-order chi connectivity index (χ1) is 12.5. The minimum atomic E-state index is -1.54. The Labute approximate surface area is 147 Å². The van der Waals surface area contributed by atoms with Gasteiger partial charge in [0.1, 0.15) is 17.1 Å². The van der Waals surface area contributed by atoms with E-state index in [2.05, 4.69) is 15.5 Å². The molecule has 2 aliphatic rings. The summed E-state index contributed by atoms with van der Waals surface area (Å²) in [6.45, 7) is 0. The highest BCUT2D eigenvalue weighted by atomic mass is 16.5. The molecule has 1 amide bonds. The number of para-hydroxylation sites is 1. The predicted molar refractivity (Wildman–Crippen MR) is 87.6 cm³/mol. The zero-order chi connectivity index (χ0) is 18.5. The fourth-order valence-electron chi connectivity index (χ4n) is 3.52. The molecule has 0 aliphatic carbocycles. The zero-order valence-corrected chi connectivity index (χ0v) is 13.6. The number of H-pyrrole nitrogens is 1. The van der Waals surface area contributed by atoms with Gasteiger partial charge in [-0.05, 0) is 6.07 Å². The fourth-order valence-corrected chi connectivity index (χ4v) is 3.52. The number of nitrogens with one attached hydrogen (secondary N) is 2. The Hall–Kier alpha value is -3.80. The summed E-state index contributed by atoms with van der Waals surface area (Å²) < 4.78 is 10.1. The second-order valence-electron chi connectivity index (χ2n) is 5.84. The van der Waals surface area contributed by atoms with E-state index < -0.39 is 17.3 Å². The largest absolute Gasteiger partial charge is 0.469 e. The lowest BCUT2D eigenvalue weighted by Gasteiger charge is -2.31. The third kappa shape index (κ3) is 1.81. The molecule has 1 aromatic heterocycles. The third-order valence-corrected chi connectivity index (χ3v) is 4.59. The Balaban J connectivity index is 2.06. The number of benzene rings is 1. The SMILES string of the molecule is COC(=O)Cc1[nH]nc2c1[C@@]1(C(=O)Nc3ccccc31)C(C#N)=C(N)O2. The van der Waals surface area contributed by atoms with Crippen LogP contribution in [0.5, 0.6) is 5.88 Å². The molecule has 3 heterocycles. The third-order valence-electron chi connectivity index (χ3n) is 4.59. The molecule has 0 bridgehead atoms. The Morgan fingerprint density at radius 2 is 2.23 bits per heavy atom. The maximum absolute atomic E-state index is 13.1. The maximum atomic E-state index is 13.1. The molecule has 4 N–H and O–H groups in total. The van der Waals surface area contributed by atoms with Crippen molar-refractivity contribution in [2.24, 2.45) is 5.73 Å². The van der Waals surface area contributed by atoms with Gasteiger partial charge in [-0.2, -0.15) is 5.26 Å². The van der Waals surface area contributed by atoms with Crippen LogP contribution in [0.3, 0.4) is 0 Å². The summed E-state index contributed by atoms with van der Waals surface area (Å²) in [4.78, 5) is 24.9. The van der Waals surface area contributed by atoms with Gasteiger partial charge in [0, 0.05) is 11.3 Å². The minimum absolute atomic E-state index is 0.0484. The van der Waals surface area contributed by atoms with E-state index in [1.54, 1.807) is 24.3 Å². The highest BCUT2D eigenvalue weighted by Gasteiger charge is 2.58. The van der Waals surface area contributed by atoms with Crippen molar-refractivity contribution < 1.29 is 19.1 Å². The van der Waals surface area contributed by atoms with Crippen molar-refractivity contribution in [3.8, 4) is 11.9 Å². The number of methoxy groups -OCH3 is 1. The lowest BCUT2D eigenvalue weighted by molar-refractivity contribution is -0.139. The summed E-state index contributed by atoms with van der Waals surface area (Å²) in [6, 6.07) is 8.96. The summed E-state index contributed by atoms with van der Waals surface area (Å²) in [5.41, 5.74) is 6.03. The topological polar surface area (TPSA) is 143 Å². The van der Waals surface area contributed by atoms with E-state index in [1.807, 2.05) is 6.07 Å². The Bertz CT molecular complexity index is 1030. The van der Waals surface area contributed by atoms with Crippen LogP contribution in [0, 0.1) is 11.3 Å². The van der Waals surface area contributed by atoms with Gasteiger partial charge in [0.05, 0.1) is 24.8 Å². The van der Waals surface area contributed by atoms with E-state index in [4.69, 9.17) is 15.2 Å². The number of esters is 1. The molecule has 0 radical (unpaired) electrons. The van der Waals surface area contributed by atoms with Crippen LogP contribution < -0.4 is 15.8 Å². The van der Waals surface area contributed by atoms with Crippen molar-refractivity contribution in [1.82, 2.24) is 10.2 Å². The number of carbonyl (C=O) groups is 2. The summed E-state index contributed by atoms with van der Waals surface area (Å²) in [5.74, 6) is -1.15. The van der Waals surface area contributed by atoms with Crippen molar-refractivity contribution in [2.75, 3.05) is 12.4 Å². The molecule has 0 saturated carbocycles. The van der Waals surface area contributed by atoms with Gasteiger partial charge in [-0.1, -0.05) is 18.2 Å². The molecule has 1 aromatic carbocycles. The number of hydrogen-bond donors (Lipinski definition) is 3. The molecule has 1 atom stereocenters. The number of aromatic amines is 1. The maximum Gasteiger partial charge on any atom is 0.311 e. The van der Waals surface area contributed by atoms with Crippen LogP contribution >= 0.6 is 0 Å². The van der Waals surface area contributed by atoms with E-state index in [-0.39, 0.29) is 29.3 Å². The number of fused-ring (bicyclic) bond motifs is 4. The summed E-state index contributed by atoms with van der Waals surface area (Å²) in [7, 11) is 1.26. The van der Waals surface area contributed by atoms with Crippen molar-refractivity contribution in [2.45, 2.75) is 11.8 Å². The molecule has 9 nitrogen and oxygen atoms in total. The highest BCUT2D eigenvalue weighted by molar-refractivity contribution is 6.12. The lowest BCUT2D eigenvalue weighted by Crippen LogP contribution is -2.43. The lowest BCUT2D eigenvalue weighted by atomic mass is 9.69. The quantitative estimate of drug-likeness (QED) is 0.666. The second kappa shape index (κ2) is 5.35. The summed E-state index contributed by atoms with van der Waals surface area (Å²) >= 11 is 0. The van der Waals surface area contributed by atoms with Crippen LogP contribution in [-0.2, 0) is 26.2 Å². The number of ether oxygens (including phenoxy) is 2. The van der Waals surface area contributed by atoms with Crippen LogP contribution in [0.25, 0.3) is 0 Å².